The van der Waals surface area contributed by atoms with Crippen LogP contribution < -0.4 is 0 Å². The van der Waals surface area contributed by atoms with E-state index in [1.807, 2.05) is 31.2 Å². The Morgan fingerprint density at radius 2 is 2.04 bits per heavy atom. The van der Waals surface area contributed by atoms with E-state index in [0.29, 0.717) is 12.0 Å². The molecule has 0 aliphatic carbocycles. The van der Waals surface area contributed by atoms with Crippen molar-refractivity contribution in [2.45, 2.75) is 32.4 Å². The minimum atomic E-state index is 0.299. The molecule has 25 heavy (non-hydrogen) atoms. The van der Waals surface area contributed by atoms with Gasteiger partial charge in [0.05, 0.1) is 23.7 Å². The first-order valence-corrected chi connectivity index (χ1v) is 8.72. The van der Waals surface area contributed by atoms with Crippen LogP contribution in [0.1, 0.15) is 18.7 Å². The van der Waals surface area contributed by atoms with Gasteiger partial charge in [0.2, 0.25) is 5.89 Å². The van der Waals surface area contributed by atoms with Gasteiger partial charge >= 0.3 is 0 Å². The molecule has 4 aromatic rings. The number of imidazole rings is 1. The molecule has 0 amide bonds. The van der Waals surface area contributed by atoms with Crippen LogP contribution in [0.4, 0.5) is 0 Å². The van der Waals surface area contributed by atoms with Crippen LogP contribution >= 0.6 is 0 Å². The molecule has 0 N–H and O–H groups in total. The summed E-state index contributed by atoms with van der Waals surface area (Å²) in [7, 11) is 0. The fourth-order valence-corrected chi connectivity index (χ4v) is 3.60. The molecule has 2 aromatic heterocycles. The number of hydrogen-bond acceptors (Lipinski definition) is 4. The first-order valence-electron chi connectivity index (χ1n) is 8.72. The molecule has 5 nitrogen and oxygen atoms in total. The van der Waals surface area contributed by atoms with Gasteiger partial charge in [0.1, 0.15) is 11.3 Å². The lowest BCUT2D eigenvalue weighted by atomic mass is 10.2. The predicted octanol–water partition coefficient (Wildman–Crippen LogP) is 4.33. The number of aromatic nitrogens is 3. The molecule has 1 aliphatic rings. The number of oxazole rings is 1. The Labute approximate surface area is 145 Å². The summed E-state index contributed by atoms with van der Waals surface area (Å²) < 4.78 is 13.9. The van der Waals surface area contributed by atoms with E-state index >= 15 is 0 Å². The topological polar surface area (TPSA) is 53.1 Å². The van der Waals surface area contributed by atoms with Crippen molar-refractivity contribution >= 4 is 22.1 Å². The summed E-state index contributed by atoms with van der Waals surface area (Å²) in [6.45, 7) is 3.79. The minimum Gasteiger partial charge on any atom is -0.436 e. The van der Waals surface area contributed by atoms with Crippen molar-refractivity contribution in [2.75, 3.05) is 6.61 Å². The molecule has 1 unspecified atom stereocenters. The van der Waals surface area contributed by atoms with Gasteiger partial charge in [-0.3, -0.25) is 0 Å². The van der Waals surface area contributed by atoms with Gasteiger partial charge in [0.15, 0.2) is 5.58 Å². The van der Waals surface area contributed by atoms with E-state index in [0.717, 1.165) is 59.5 Å². The van der Waals surface area contributed by atoms with E-state index in [9.17, 15) is 0 Å². The number of ether oxygens (including phenoxy) is 1. The second kappa shape index (κ2) is 5.70. The van der Waals surface area contributed by atoms with Crippen molar-refractivity contribution in [1.82, 2.24) is 14.5 Å². The lowest BCUT2D eigenvalue weighted by Crippen LogP contribution is -2.15. The third kappa shape index (κ3) is 2.51. The Bertz CT molecular complexity index is 1020. The summed E-state index contributed by atoms with van der Waals surface area (Å²) in [6.07, 6.45) is 2.58. The van der Waals surface area contributed by atoms with Crippen molar-refractivity contribution in [3.8, 4) is 11.5 Å². The third-order valence-corrected chi connectivity index (χ3v) is 4.89. The highest BCUT2D eigenvalue weighted by atomic mass is 16.5. The lowest BCUT2D eigenvalue weighted by molar-refractivity contribution is 0.0974. The second-order valence-electron chi connectivity index (χ2n) is 6.59. The van der Waals surface area contributed by atoms with Gasteiger partial charge in [0, 0.05) is 12.2 Å². The zero-order chi connectivity index (χ0) is 16.8. The first kappa shape index (κ1) is 14.7. The van der Waals surface area contributed by atoms with Crippen molar-refractivity contribution in [3.63, 3.8) is 0 Å². The molecule has 1 aliphatic heterocycles. The van der Waals surface area contributed by atoms with E-state index in [1.165, 1.54) is 0 Å². The molecule has 0 spiro atoms. The summed E-state index contributed by atoms with van der Waals surface area (Å²) in [5.74, 6) is 1.65. The Hall–Kier alpha value is -2.66. The minimum absolute atomic E-state index is 0.299. The maximum Gasteiger partial charge on any atom is 0.227 e. The van der Waals surface area contributed by atoms with Crippen molar-refractivity contribution < 1.29 is 9.15 Å². The van der Waals surface area contributed by atoms with Crippen LogP contribution in [0.3, 0.4) is 0 Å². The molecule has 1 atom stereocenters. The Morgan fingerprint density at radius 3 is 2.88 bits per heavy atom. The number of rotatable bonds is 3. The summed E-state index contributed by atoms with van der Waals surface area (Å²) in [5, 5.41) is 0. The van der Waals surface area contributed by atoms with Gasteiger partial charge in [-0.1, -0.05) is 12.1 Å². The fraction of sp³-hybridized carbons (Fsp3) is 0.300. The molecule has 0 bridgehead atoms. The average Bonchev–Trinajstić information content (AvgIpc) is 3.34. The summed E-state index contributed by atoms with van der Waals surface area (Å²) >= 11 is 0. The molecule has 1 saturated heterocycles. The monoisotopic (exact) mass is 333 g/mol. The van der Waals surface area contributed by atoms with E-state index in [2.05, 4.69) is 27.8 Å². The van der Waals surface area contributed by atoms with Crippen LogP contribution in [0.25, 0.3) is 33.6 Å². The van der Waals surface area contributed by atoms with Gasteiger partial charge in [-0.15, -0.1) is 0 Å². The SMILES string of the molecule is Cc1nc2cc(-c3nc4ccccc4o3)ccc2n1CC1CCCO1. The maximum absolute atomic E-state index is 5.88. The Kier molecular flexibility index (Phi) is 3.35. The zero-order valence-corrected chi connectivity index (χ0v) is 14.1. The van der Waals surface area contributed by atoms with Crippen LogP contribution in [0.2, 0.25) is 0 Å². The van der Waals surface area contributed by atoms with Gasteiger partial charge < -0.3 is 13.7 Å². The number of para-hydroxylation sites is 2. The largest absolute Gasteiger partial charge is 0.436 e. The summed E-state index contributed by atoms with van der Waals surface area (Å²) in [6, 6.07) is 14.0. The molecular formula is C20H19N3O2. The quantitative estimate of drug-likeness (QED) is 0.560. The number of aryl methyl sites for hydroxylation is 1. The molecule has 3 heterocycles. The van der Waals surface area contributed by atoms with Gasteiger partial charge in [-0.25, -0.2) is 9.97 Å². The molecule has 5 rings (SSSR count). The average molecular weight is 333 g/mol. The van der Waals surface area contributed by atoms with E-state index < -0.39 is 0 Å². The van der Waals surface area contributed by atoms with Crippen molar-refractivity contribution in [2.24, 2.45) is 0 Å². The van der Waals surface area contributed by atoms with E-state index in [-0.39, 0.29) is 0 Å². The molecule has 1 fully saturated rings. The first-order chi connectivity index (χ1) is 12.3. The number of nitrogens with zero attached hydrogens (tertiary/aromatic N) is 3. The van der Waals surface area contributed by atoms with Crippen LogP contribution in [-0.4, -0.2) is 27.2 Å². The molecule has 126 valence electrons. The van der Waals surface area contributed by atoms with Gasteiger partial charge in [-0.2, -0.15) is 0 Å². The normalized spacial score (nSPS) is 17.7. The van der Waals surface area contributed by atoms with Crippen molar-refractivity contribution in [3.05, 3.63) is 48.3 Å². The van der Waals surface area contributed by atoms with E-state index in [1.54, 1.807) is 0 Å². The van der Waals surface area contributed by atoms with Crippen LogP contribution in [-0.2, 0) is 11.3 Å². The zero-order valence-electron chi connectivity index (χ0n) is 14.1. The molecule has 0 saturated carbocycles. The molecule has 5 heteroatoms. The van der Waals surface area contributed by atoms with Crippen molar-refractivity contribution in [1.29, 1.82) is 0 Å². The standard InChI is InChI=1S/C20H19N3O2/c1-13-21-17-11-14(20-22-16-6-2-3-7-19(16)25-20)8-9-18(17)23(13)12-15-5-4-10-24-15/h2-3,6-9,11,15H,4-5,10,12H2,1H3. The Morgan fingerprint density at radius 1 is 1.12 bits per heavy atom. The van der Waals surface area contributed by atoms with Gasteiger partial charge in [-0.05, 0) is 50.1 Å². The number of hydrogen-bond donors (Lipinski definition) is 0. The fourth-order valence-electron chi connectivity index (χ4n) is 3.60. The lowest BCUT2D eigenvalue weighted by Gasteiger charge is -2.12. The van der Waals surface area contributed by atoms with Crippen LogP contribution in [0.15, 0.2) is 46.9 Å². The van der Waals surface area contributed by atoms with Crippen LogP contribution in [0.5, 0.6) is 0 Å². The van der Waals surface area contributed by atoms with Gasteiger partial charge in [0.25, 0.3) is 0 Å². The second-order valence-corrected chi connectivity index (χ2v) is 6.59. The Balaban J connectivity index is 1.55. The highest BCUT2D eigenvalue weighted by Crippen LogP contribution is 2.28. The highest BCUT2D eigenvalue weighted by Gasteiger charge is 2.19. The number of fused-ring (bicyclic) bond motifs is 2. The maximum atomic E-state index is 5.88. The summed E-state index contributed by atoms with van der Waals surface area (Å²) in [4.78, 5) is 9.31. The smallest absolute Gasteiger partial charge is 0.227 e. The molecule has 2 aromatic carbocycles. The van der Waals surface area contributed by atoms with E-state index in [4.69, 9.17) is 14.1 Å². The molecule has 0 radical (unpaired) electrons. The summed E-state index contributed by atoms with van der Waals surface area (Å²) in [5.41, 5.74) is 4.73. The number of benzene rings is 2. The highest BCUT2D eigenvalue weighted by molar-refractivity contribution is 5.83. The molecular weight excluding hydrogens is 314 g/mol. The third-order valence-electron chi connectivity index (χ3n) is 4.89. The van der Waals surface area contributed by atoms with Crippen LogP contribution in [0, 0.1) is 6.92 Å². The predicted molar refractivity (Wildman–Crippen MR) is 96.4 cm³/mol.